The molecule has 0 aromatic heterocycles. The Labute approximate surface area is 117 Å². The molecule has 4 nitrogen and oxygen atoms in total. The average Bonchev–Trinajstić information content (AvgIpc) is 2.49. The molecule has 4 N–H and O–H groups in total. The first kappa shape index (κ1) is 14.5. The Morgan fingerprint density at radius 1 is 1.10 bits per heavy atom. The number of nitrogens with one attached hydrogen (secondary N) is 1. The number of hydrogen-bond donors (Lipinski definition) is 3. The molecule has 0 spiro atoms. The molecule has 106 valence electrons. The van der Waals surface area contributed by atoms with Crippen LogP contribution in [0.5, 0.6) is 5.75 Å². The van der Waals surface area contributed by atoms with Gasteiger partial charge >= 0.3 is 0 Å². The Morgan fingerprint density at radius 3 is 2.35 bits per heavy atom. The van der Waals surface area contributed by atoms with Gasteiger partial charge in [-0.25, -0.2) is 4.39 Å². The van der Waals surface area contributed by atoms with Crippen LogP contribution >= 0.6 is 0 Å². The topological polar surface area (TPSA) is 67.5 Å². The molecule has 2 rings (SSSR count). The van der Waals surface area contributed by atoms with Crippen LogP contribution < -0.4 is 16.0 Å². The highest BCUT2D eigenvalue weighted by Gasteiger charge is 2.03. The van der Waals surface area contributed by atoms with Gasteiger partial charge in [0.2, 0.25) is 0 Å². The Kier molecular flexibility index (Phi) is 5.06. The third-order valence-electron chi connectivity index (χ3n) is 2.95. The fourth-order valence-electron chi connectivity index (χ4n) is 1.78. The van der Waals surface area contributed by atoms with Crippen LogP contribution in [0.25, 0.3) is 0 Å². The minimum absolute atomic E-state index is 0.276. The molecule has 0 amide bonds. The summed E-state index contributed by atoms with van der Waals surface area (Å²) in [6.45, 7) is 0.509. The monoisotopic (exact) mass is 276 g/mol. The van der Waals surface area contributed by atoms with Gasteiger partial charge in [0.1, 0.15) is 17.7 Å². The number of hydrogen-bond acceptors (Lipinski definition) is 4. The molecule has 0 aliphatic carbocycles. The standard InChI is InChI=1S/C15H17FN2O2/c16-13-5-7-14(8-6-13)20-10-9-11-1-3-12(4-2-11)15(17)18-19/h1-8,15,18-19H,9-10,17H2. The molecule has 2 aromatic rings. The van der Waals surface area contributed by atoms with E-state index in [4.69, 9.17) is 15.7 Å². The van der Waals surface area contributed by atoms with E-state index in [0.717, 1.165) is 17.5 Å². The molecule has 0 fully saturated rings. The molecule has 0 radical (unpaired) electrons. The van der Waals surface area contributed by atoms with Crippen LogP contribution in [0, 0.1) is 5.82 Å². The molecule has 20 heavy (non-hydrogen) atoms. The Bertz CT molecular complexity index is 529. The molecule has 0 saturated heterocycles. The zero-order chi connectivity index (χ0) is 14.4. The second-order valence-electron chi connectivity index (χ2n) is 4.40. The van der Waals surface area contributed by atoms with Crippen molar-refractivity contribution in [2.24, 2.45) is 5.73 Å². The lowest BCUT2D eigenvalue weighted by Crippen LogP contribution is -2.25. The molecule has 0 heterocycles. The van der Waals surface area contributed by atoms with Crippen molar-refractivity contribution in [3.05, 3.63) is 65.5 Å². The van der Waals surface area contributed by atoms with E-state index >= 15 is 0 Å². The predicted molar refractivity (Wildman–Crippen MR) is 73.9 cm³/mol. The smallest absolute Gasteiger partial charge is 0.123 e. The van der Waals surface area contributed by atoms with Gasteiger partial charge in [-0.1, -0.05) is 24.3 Å². The maximum Gasteiger partial charge on any atom is 0.123 e. The quantitative estimate of drug-likeness (QED) is 0.560. The van der Waals surface area contributed by atoms with E-state index in [1.807, 2.05) is 29.7 Å². The normalized spacial score (nSPS) is 12.2. The number of nitrogens with two attached hydrogens (primary N) is 1. The summed E-state index contributed by atoms with van der Waals surface area (Å²) < 4.78 is 18.2. The molecule has 1 unspecified atom stereocenters. The maximum atomic E-state index is 12.7. The van der Waals surface area contributed by atoms with Gasteiger partial charge in [-0.3, -0.25) is 0 Å². The third kappa shape index (κ3) is 4.03. The second-order valence-corrected chi connectivity index (χ2v) is 4.40. The van der Waals surface area contributed by atoms with Crippen LogP contribution in [0.4, 0.5) is 4.39 Å². The largest absolute Gasteiger partial charge is 0.493 e. The highest BCUT2D eigenvalue weighted by atomic mass is 19.1. The van der Waals surface area contributed by atoms with E-state index < -0.39 is 6.17 Å². The van der Waals surface area contributed by atoms with Gasteiger partial charge in [-0.05, 0) is 35.4 Å². The van der Waals surface area contributed by atoms with Crippen molar-refractivity contribution in [2.75, 3.05) is 6.61 Å². The number of rotatable bonds is 6. The van der Waals surface area contributed by atoms with Gasteiger partial charge in [-0.15, -0.1) is 0 Å². The van der Waals surface area contributed by atoms with Crippen LogP contribution in [-0.4, -0.2) is 11.8 Å². The third-order valence-corrected chi connectivity index (χ3v) is 2.95. The summed E-state index contributed by atoms with van der Waals surface area (Å²) >= 11 is 0. The van der Waals surface area contributed by atoms with E-state index in [2.05, 4.69) is 0 Å². The average molecular weight is 276 g/mol. The molecule has 0 bridgehead atoms. The summed E-state index contributed by atoms with van der Waals surface area (Å²) in [6, 6.07) is 13.5. The van der Waals surface area contributed by atoms with E-state index in [-0.39, 0.29) is 5.82 Å². The molecular formula is C15H17FN2O2. The Hall–Kier alpha value is -1.95. The van der Waals surface area contributed by atoms with E-state index in [1.165, 1.54) is 12.1 Å². The van der Waals surface area contributed by atoms with Crippen molar-refractivity contribution in [1.29, 1.82) is 0 Å². The summed E-state index contributed by atoms with van der Waals surface area (Å²) in [4.78, 5) is 0. The minimum atomic E-state index is -0.584. The Morgan fingerprint density at radius 2 is 1.75 bits per heavy atom. The highest BCUT2D eigenvalue weighted by molar-refractivity contribution is 5.25. The van der Waals surface area contributed by atoms with Gasteiger partial charge in [0.05, 0.1) is 6.61 Å². The summed E-state index contributed by atoms with van der Waals surface area (Å²) in [5, 5.41) is 8.72. The molecule has 1 atom stereocenters. The van der Waals surface area contributed by atoms with Crippen molar-refractivity contribution >= 4 is 0 Å². The zero-order valence-electron chi connectivity index (χ0n) is 10.9. The highest BCUT2D eigenvalue weighted by Crippen LogP contribution is 2.13. The number of halogens is 1. The summed E-state index contributed by atoms with van der Waals surface area (Å²) in [5.41, 5.74) is 9.51. The lowest BCUT2D eigenvalue weighted by atomic mass is 10.1. The number of hydroxylamine groups is 1. The van der Waals surface area contributed by atoms with Crippen molar-refractivity contribution < 1.29 is 14.3 Å². The van der Waals surface area contributed by atoms with E-state index in [9.17, 15) is 4.39 Å². The van der Waals surface area contributed by atoms with Crippen LogP contribution in [0.1, 0.15) is 17.3 Å². The summed E-state index contributed by atoms with van der Waals surface area (Å²) in [7, 11) is 0. The summed E-state index contributed by atoms with van der Waals surface area (Å²) in [5.74, 6) is 0.372. The Balaban J connectivity index is 1.83. The lowest BCUT2D eigenvalue weighted by molar-refractivity contribution is 0.128. The first-order valence-electron chi connectivity index (χ1n) is 6.31. The van der Waals surface area contributed by atoms with Crippen LogP contribution in [-0.2, 0) is 6.42 Å². The molecule has 0 saturated carbocycles. The second kappa shape index (κ2) is 7.00. The van der Waals surface area contributed by atoms with Crippen LogP contribution in [0.15, 0.2) is 48.5 Å². The molecule has 2 aromatic carbocycles. The molecule has 0 aliphatic heterocycles. The van der Waals surface area contributed by atoms with Crippen LogP contribution in [0.2, 0.25) is 0 Å². The molecule has 0 aliphatic rings. The lowest BCUT2D eigenvalue weighted by Gasteiger charge is -2.10. The van der Waals surface area contributed by atoms with Crippen molar-refractivity contribution in [1.82, 2.24) is 5.48 Å². The fraction of sp³-hybridized carbons (Fsp3) is 0.200. The van der Waals surface area contributed by atoms with Crippen molar-refractivity contribution in [2.45, 2.75) is 12.6 Å². The first-order chi connectivity index (χ1) is 9.69. The predicted octanol–water partition coefficient (Wildman–Crippen LogP) is 2.38. The van der Waals surface area contributed by atoms with Crippen molar-refractivity contribution in [3.63, 3.8) is 0 Å². The molecular weight excluding hydrogens is 259 g/mol. The zero-order valence-corrected chi connectivity index (χ0v) is 10.9. The van der Waals surface area contributed by atoms with Gasteiger partial charge in [-0.2, -0.15) is 5.48 Å². The fourth-order valence-corrected chi connectivity index (χ4v) is 1.78. The van der Waals surface area contributed by atoms with Gasteiger partial charge < -0.3 is 15.7 Å². The number of benzene rings is 2. The van der Waals surface area contributed by atoms with Crippen molar-refractivity contribution in [3.8, 4) is 5.75 Å². The minimum Gasteiger partial charge on any atom is -0.493 e. The van der Waals surface area contributed by atoms with Crippen LogP contribution in [0.3, 0.4) is 0 Å². The first-order valence-corrected chi connectivity index (χ1v) is 6.31. The van der Waals surface area contributed by atoms with E-state index in [1.54, 1.807) is 12.1 Å². The number of ether oxygens (including phenoxy) is 1. The SMILES string of the molecule is NC(NO)c1ccc(CCOc2ccc(F)cc2)cc1. The van der Waals surface area contributed by atoms with Gasteiger partial charge in [0.15, 0.2) is 0 Å². The van der Waals surface area contributed by atoms with Gasteiger partial charge in [0, 0.05) is 6.42 Å². The molecule has 5 heteroatoms. The van der Waals surface area contributed by atoms with Gasteiger partial charge in [0.25, 0.3) is 0 Å². The maximum absolute atomic E-state index is 12.7. The summed E-state index contributed by atoms with van der Waals surface area (Å²) in [6.07, 6.45) is 0.152. The van der Waals surface area contributed by atoms with E-state index in [0.29, 0.717) is 12.4 Å².